The summed E-state index contributed by atoms with van der Waals surface area (Å²) >= 11 is 6.16. The van der Waals surface area contributed by atoms with Gasteiger partial charge >= 0.3 is 6.03 Å². The first kappa shape index (κ1) is 20.2. The SMILES string of the molecule is CN(C)c1ccc(C=NNC(=O)CNC(=O)Nc2ccc(F)cc2)c(Cl)c1. The van der Waals surface area contributed by atoms with Crippen molar-refractivity contribution in [3.05, 3.63) is 58.9 Å². The van der Waals surface area contributed by atoms with E-state index in [4.69, 9.17) is 11.6 Å². The van der Waals surface area contributed by atoms with Crippen LogP contribution in [0.15, 0.2) is 47.6 Å². The molecule has 0 fully saturated rings. The minimum Gasteiger partial charge on any atom is -0.378 e. The minimum absolute atomic E-state index is 0.280. The van der Waals surface area contributed by atoms with Gasteiger partial charge in [0.15, 0.2) is 0 Å². The number of amides is 3. The molecule has 0 unspecified atom stereocenters. The Labute approximate surface area is 161 Å². The fourth-order valence-corrected chi connectivity index (χ4v) is 2.20. The summed E-state index contributed by atoms with van der Waals surface area (Å²) in [4.78, 5) is 25.3. The Morgan fingerprint density at radius 3 is 2.52 bits per heavy atom. The van der Waals surface area contributed by atoms with Crippen LogP contribution in [0.1, 0.15) is 5.56 Å². The Bertz CT molecular complexity index is 840. The summed E-state index contributed by atoms with van der Waals surface area (Å²) in [7, 11) is 3.80. The van der Waals surface area contributed by atoms with Crippen LogP contribution in [0.3, 0.4) is 0 Å². The van der Waals surface area contributed by atoms with Crippen molar-refractivity contribution in [2.24, 2.45) is 5.10 Å². The van der Waals surface area contributed by atoms with Crippen molar-refractivity contribution in [1.82, 2.24) is 10.7 Å². The Kier molecular flexibility index (Phi) is 7.13. The van der Waals surface area contributed by atoms with E-state index in [9.17, 15) is 14.0 Å². The summed E-state index contributed by atoms with van der Waals surface area (Å²) in [5.41, 5.74) is 4.28. The molecule has 0 saturated carbocycles. The van der Waals surface area contributed by atoms with Crippen molar-refractivity contribution in [1.29, 1.82) is 0 Å². The third-order valence-electron chi connectivity index (χ3n) is 3.40. The molecule has 0 aliphatic rings. The number of carbonyl (C=O) groups is 2. The van der Waals surface area contributed by atoms with Crippen LogP contribution in [-0.4, -0.2) is 38.8 Å². The van der Waals surface area contributed by atoms with Crippen molar-refractivity contribution in [3.8, 4) is 0 Å². The second kappa shape index (κ2) is 9.54. The molecule has 2 aromatic rings. The van der Waals surface area contributed by atoms with Gasteiger partial charge in [-0.3, -0.25) is 4.79 Å². The molecule has 0 aliphatic heterocycles. The van der Waals surface area contributed by atoms with Crippen LogP contribution < -0.4 is 21.0 Å². The Hall–Kier alpha value is -3.13. The third-order valence-corrected chi connectivity index (χ3v) is 3.73. The highest BCUT2D eigenvalue weighted by Gasteiger charge is 2.05. The van der Waals surface area contributed by atoms with Gasteiger partial charge in [-0.15, -0.1) is 0 Å². The summed E-state index contributed by atoms with van der Waals surface area (Å²) < 4.78 is 12.8. The number of nitrogens with one attached hydrogen (secondary N) is 3. The quantitative estimate of drug-likeness (QED) is 0.523. The highest BCUT2D eigenvalue weighted by molar-refractivity contribution is 6.33. The molecule has 0 aliphatic carbocycles. The van der Waals surface area contributed by atoms with Crippen molar-refractivity contribution in [3.63, 3.8) is 0 Å². The van der Waals surface area contributed by atoms with E-state index in [1.165, 1.54) is 30.5 Å². The van der Waals surface area contributed by atoms with E-state index in [1.54, 1.807) is 12.1 Å². The molecule has 0 radical (unpaired) electrons. The molecule has 0 heterocycles. The van der Waals surface area contributed by atoms with Crippen LogP contribution in [0.4, 0.5) is 20.6 Å². The second-order valence-electron chi connectivity index (χ2n) is 5.71. The zero-order valence-corrected chi connectivity index (χ0v) is 15.5. The highest BCUT2D eigenvalue weighted by atomic mass is 35.5. The Morgan fingerprint density at radius 2 is 1.89 bits per heavy atom. The van der Waals surface area contributed by atoms with E-state index in [0.717, 1.165) is 5.69 Å². The first-order valence-electron chi connectivity index (χ1n) is 7.94. The van der Waals surface area contributed by atoms with Crippen molar-refractivity contribution < 1.29 is 14.0 Å². The van der Waals surface area contributed by atoms with Gasteiger partial charge in [0.2, 0.25) is 0 Å². The van der Waals surface area contributed by atoms with Crippen LogP contribution >= 0.6 is 11.6 Å². The van der Waals surface area contributed by atoms with Crippen LogP contribution in [0, 0.1) is 5.82 Å². The monoisotopic (exact) mass is 391 g/mol. The summed E-state index contributed by atoms with van der Waals surface area (Å²) in [5, 5.41) is 9.14. The zero-order chi connectivity index (χ0) is 19.8. The van der Waals surface area contributed by atoms with Gasteiger partial charge in [-0.2, -0.15) is 5.10 Å². The first-order valence-corrected chi connectivity index (χ1v) is 8.32. The highest BCUT2D eigenvalue weighted by Crippen LogP contribution is 2.21. The summed E-state index contributed by atoms with van der Waals surface area (Å²) in [6, 6.07) is 10.1. The molecule has 3 N–H and O–H groups in total. The van der Waals surface area contributed by atoms with Crippen LogP contribution in [0.2, 0.25) is 5.02 Å². The molecular formula is C18H19ClFN5O2. The number of hydrogen-bond acceptors (Lipinski definition) is 4. The molecule has 3 amide bonds. The van der Waals surface area contributed by atoms with Crippen LogP contribution in [0.5, 0.6) is 0 Å². The molecule has 27 heavy (non-hydrogen) atoms. The van der Waals surface area contributed by atoms with Gasteiger partial charge in [-0.25, -0.2) is 14.6 Å². The van der Waals surface area contributed by atoms with Gasteiger partial charge in [0.1, 0.15) is 12.4 Å². The first-order chi connectivity index (χ1) is 12.8. The number of benzene rings is 2. The van der Waals surface area contributed by atoms with E-state index >= 15 is 0 Å². The molecule has 0 saturated heterocycles. The lowest BCUT2D eigenvalue weighted by Crippen LogP contribution is -2.37. The average Bonchev–Trinajstić information content (AvgIpc) is 2.63. The van der Waals surface area contributed by atoms with E-state index in [2.05, 4.69) is 21.2 Å². The van der Waals surface area contributed by atoms with Gasteiger partial charge in [0.05, 0.1) is 11.2 Å². The molecule has 0 atom stereocenters. The Morgan fingerprint density at radius 1 is 1.19 bits per heavy atom. The molecular weight excluding hydrogens is 373 g/mol. The lowest BCUT2D eigenvalue weighted by atomic mass is 10.2. The Balaban J connectivity index is 1.78. The molecule has 2 aromatic carbocycles. The minimum atomic E-state index is -0.594. The normalized spacial score (nSPS) is 10.5. The summed E-state index contributed by atoms with van der Waals surface area (Å²) in [6.45, 7) is -0.280. The van der Waals surface area contributed by atoms with Gasteiger partial charge < -0.3 is 15.5 Å². The largest absolute Gasteiger partial charge is 0.378 e. The van der Waals surface area contributed by atoms with Crippen molar-refractivity contribution in [2.75, 3.05) is 30.9 Å². The maximum atomic E-state index is 12.8. The van der Waals surface area contributed by atoms with E-state index in [-0.39, 0.29) is 6.54 Å². The fourth-order valence-electron chi connectivity index (χ4n) is 1.98. The lowest BCUT2D eigenvalue weighted by Gasteiger charge is -2.13. The van der Waals surface area contributed by atoms with Crippen LogP contribution in [-0.2, 0) is 4.79 Å². The molecule has 0 spiro atoms. The molecule has 7 nitrogen and oxygen atoms in total. The van der Waals surface area contributed by atoms with Crippen molar-refractivity contribution in [2.45, 2.75) is 0 Å². The maximum absolute atomic E-state index is 12.8. The fraction of sp³-hybridized carbons (Fsp3) is 0.167. The number of rotatable bonds is 6. The van der Waals surface area contributed by atoms with E-state index in [1.807, 2.05) is 25.1 Å². The standard InChI is InChI=1S/C18H19ClFN5O2/c1-25(2)15-8-3-12(16(19)9-15)10-22-24-17(26)11-21-18(27)23-14-6-4-13(20)5-7-14/h3-10H,11H2,1-2H3,(H,24,26)(H2,21,23,27). The topological polar surface area (TPSA) is 85.8 Å². The summed E-state index contributed by atoms with van der Waals surface area (Å²) in [6.07, 6.45) is 1.41. The predicted molar refractivity (Wildman–Crippen MR) is 105 cm³/mol. The molecule has 0 bridgehead atoms. The van der Waals surface area contributed by atoms with Gasteiger partial charge in [0.25, 0.3) is 5.91 Å². The van der Waals surface area contributed by atoms with Gasteiger partial charge in [-0.1, -0.05) is 11.6 Å². The predicted octanol–water partition coefficient (Wildman–Crippen LogP) is 2.82. The van der Waals surface area contributed by atoms with Crippen LogP contribution in [0.25, 0.3) is 0 Å². The second-order valence-corrected chi connectivity index (χ2v) is 6.12. The summed E-state index contributed by atoms with van der Waals surface area (Å²) in [5.74, 6) is -0.920. The van der Waals surface area contributed by atoms with E-state index < -0.39 is 17.8 Å². The lowest BCUT2D eigenvalue weighted by molar-refractivity contribution is -0.120. The molecule has 9 heteroatoms. The molecule has 0 aromatic heterocycles. The third kappa shape index (κ3) is 6.59. The molecule has 142 valence electrons. The number of nitrogens with zero attached hydrogens (tertiary/aromatic N) is 2. The maximum Gasteiger partial charge on any atom is 0.319 e. The number of hydrazone groups is 1. The number of urea groups is 1. The van der Waals surface area contributed by atoms with Crippen molar-refractivity contribution >= 4 is 41.1 Å². The van der Waals surface area contributed by atoms with E-state index in [0.29, 0.717) is 16.3 Å². The smallest absolute Gasteiger partial charge is 0.319 e. The number of carbonyl (C=O) groups excluding carboxylic acids is 2. The molecule has 2 rings (SSSR count). The number of anilines is 2. The van der Waals surface area contributed by atoms with Gasteiger partial charge in [-0.05, 0) is 42.5 Å². The number of halogens is 2. The number of hydrogen-bond donors (Lipinski definition) is 3. The van der Waals surface area contributed by atoms with Gasteiger partial charge in [0, 0.05) is 31.0 Å². The average molecular weight is 392 g/mol. The zero-order valence-electron chi connectivity index (χ0n) is 14.8.